The van der Waals surface area contributed by atoms with Crippen LogP contribution in [0.5, 0.6) is 5.75 Å². The average Bonchev–Trinajstić information content (AvgIpc) is 2.92. The molecule has 0 bridgehead atoms. The van der Waals surface area contributed by atoms with Gasteiger partial charge in [-0.3, -0.25) is 4.79 Å². The predicted molar refractivity (Wildman–Crippen MR) is 85.9 cm³/mol. The lowest BCUT2D eigenvalue weighted by Crippen LogP contribution is -2.26. The molecule has 22 heavy (non-hydrogen) atoms. The summed E-state index contributed by atoms with van der Waals surface area (Å²) in [5.41, 5.74) is 1.11. The van der Waals surface area contributed by atoms with E-state index in [0.717, 1.165) is 22.8 Å². The first-order valence-corrected chi connectivity index (χ1v) is 7.60. The zero-order chi connectivity index (χ0) is 15.9. The number of carbonyl (C=O) groups is 1. The molecule has 2 aromatic rings. The fourth-order valence-corrected chi connectivity index (χ4v) is 2.20. The molecule has 2 rings (SSSR count). The van der Waals surface area contributed by atoms with Gasteiger partial charge >= 0.3 is 0 Å². The van der Waals surface area contributed by atoms with E-state index in [1.54, 1.807) is 0 Å². The molecule has 0 unspecified atom stereocenters. The summed E-state index contributed by atoms with van der Waals surface area (Å²) < 4.78 is 11.2. The molecule has 0 saturated carbocycles. The van der Waals surface area contributed by atoms with Crippen LogP contribution in [0.1, 0.15) is 42.9 Å². The predicted octanol–water partition coefficient (Wildman–Crippen LogP) is 3.93. The van der Waals surface area contributed by atoms with E-state index in [1.807, 2.05) is 57.2 Å². The van der Waals surface area contributed by atoms with E-state index in [2.05, 4.69) is 5.32 Å². The maximum absolute atomic E-state index is 11.9. The quantitative estimate of drug-likeness (QED) is 0.788. The van der Waals surface area contributed by atoms with Gasteiger partial charge in [0.15, 0.2) is 0 Å². The van der Waals surface area contributed by atoms with E-state index in [9.17, 15) is 4.79 Å². The highest BCUT2D eigenvalue weighted by Crippen LogP contribution is 2.17. The topological polar surface area (TPSA) is 51.5 Å². The van der Waals surface area contributed by atoms with E-state index in [1.165, 1.54) is 0 Å². The largest absolute Gasteiger partial charge is 0.493 e. The van der Waals surface area contributed by atoms with E-state index in [0.29, 0.717) is 19.4 Å². The van der Waals surface area contributed by atoms with Crippen molar-refractivity contribution in [2.24, 2.45) is 0 Å². The number of carbonyl (C=O) groups excluding carboxylic acids is 1. The van der Waals surface area contributed by atoms with Crippen molar-refractivity contribution in [2.75, 3.05) is 6.61 Å². The number of hydrogen-bond acceptors (Lipinski definition) is 3. The van der Waals surface area contributed by atoms with Gasteiger partial charge in [0.1, 0.15) is 17.3 Å². The maximum atomic E-state index is 11.9. The van der Waals surface area contributed by atoms with Crippen LogP contribution in [-0.4, -0.2) is 12.5 Å². The molecule has 0 radical (unpaired) electrons. The Labute approximate surface area is 131 Å². The van der Waals surface area contributed by atoms with Crippen molar-refractivity contribution in [3.8, 4) is 5.75 Å². The number of ether oxygens (including phenoxy) is 1. The Hall–Kier alpha value is -2.23. The Bertz CT molecular complexity index is 618. The summed E-state index contributed by atoms with van der Waals surface area (Å²) in [4.78, 5) is 11.9. The second kappa shape index (κ2) is 7.69. The van der Waals surface area contributed by atoms with E-state index in [-0.39, 0.29) is 11.9 Å². The van der Waals surface area contributed by atoms with Gasteiger partial charge < -0.3 is 14.5 Å². The van der Waals surface area contributed by atoms with Crippen LogP contribution in [0.4, 0.5) is 0 Å². The molecule has 1 aromatic heterocycles. The third kappa shape index (κ3) is 4.65. The molecule has 0 aliphatic carbocycles. The Morgan fingerprint density at radius 1 is 1.23 bits per heavy atom. The van der Waals surface area contributed by atoms with Crippen LogP contribution in [0.2, 0.25) is 0 Å². The minimum Gasteiger partial charge on any atom is -0.493 e. The summed E-state index contributed by atoms with van der Waals surface area (Å²) in [6.45, 7) is 6.35. The fourth-order valence-electron chi connectivity index (χ4n) is 2.20. The first kappa shape index (κ1) is 16.1. The summed E-state index contributed by atoms with van der Waals surface area (Å²) in [6.07, 6.45) is 1.12. The van der Waals surface area contributed by atoms with Gasteiger partial charge in [0, 0.05) is 6.42 Å². The highest BCUT2D eigenvalue weighted by atomic mass is 16.5. The summed E-state index contributed by atoms with van der Waals surface area (Å²) in [6, 6.07) is 11.6. The van der Waals surface area contributed by atoms with Crippen LogP contribution < -0.4 is 10.1 Å². The molecule has 0 saturated heterocycles. The van der Waals surface area contributed by atoms with Gasteiger partial charge in [0.05, 0.1) is 12.6 Å². The minimum absolute atomic E-state index is 0.00920. The van der Waals surface area contributed by atoms with Gasteiger partial charge in [-0.05, 0) is 51.0 Å². The first-order chi connectivity index (χ1) is 10.6. The van der Waals surface area contributed by atoms with Crippen LogP contribution in [0.3, 0.4) is 0 Å². The maximum Gasteiger partial charge on any atom is 0.220 e. The van der Waals surface area contributed by atoms with E-state index >= 15 is 0 Å². The lowest BCUT2D eigenvalue weighted by Gasteiger charge is -2.12. The third-order valence-electron chi connectivity index (χ3n) is 3.46. The van der Waals surface area contributed by atoms with Gasteiger partial charge in [0.2, 0.25) is 5.91 Å². The molecule has 1 aromatic carbocycles. The molecule has 0 spiro atoms. The van der Waals surface area contributed by atoms with Crippen molar-refractivity contribution < 1.29 is 13.9 Å². The number of benzene rings is 1. The third-order valence-corrected chi connectivity index (χ3v) is 3.46. The van der Waals surface area contributed by atoms with Crippen LogP contribution in [0.25, 0.3) is 0 Å². The number of aryl methyl sites for hydroxylation is 2. The minimum atomic E-state index is -0.113. The normalized spacial score (nSPS) is 12.0. The molecule has 1 atom stereocenters. The average molecular weight is 301 g/mol. The standard InChI is InChI=1S/C18H23NO3/c1-13-7-4-5-8-16(13)21-12-6-9-18(20)19-15(3)17-11-10-14(2)22-17/h4-5,7-8,10-11,15H,6,9,12H2,1-3H3,(H,19,20)/t15-/m0/s1. The Balaban J connectivity index is 1.69. The second-order valence-corrected chi connectivity index (χ2v) is 5.46. The van der Waals surface area contributed by atoms with Gasteiger partial charge in [0.25, 0.3) is 0 Å². The van der Waals surface area contributed by atoms with Crippen molar-refractivity contribution >= 4 is 5.91 Å². The zero-order valence-corrected chi connectivity index (χ0v) is 13.4. The molecular formula is C18H23NO3. The molecule has 1 amide bonds. The lowest BCUT2D eigenvalue weighted by molar-refractivity contribution is -0.122. The van der Waals surface area contributed by atoms with Crippen molar-refractivity contribution in [2.45, 2.75) is 39.7 Å². The van der Waals surface area contributed by atoms with Gasteiger partial charge in [-0.15, -0.1) is 0 Å². The van der Waals surface area contributed by atoms with Crippen molar-refractivity contribution in [1.82, 2.24) is 5.32 Å². The monoisotopic (exact) mass is 301 g/mol. The van der Waals surface area contributed by atoms with Crippen LogP contribution in [-0.2, 0) is 4.79 Å². The summed E-state index contributed by atoms with van der Waals surface area (Å²) in [7, 11) is 0. The van der Waals surface area contributed by atoms with Crippen LogP contribution >= 0.6 is 0 Å². The van der Waals surface area contributed by atoms with Gasteiger partial charge in [-0.25, -0.2) is 0 Å². The fraction of sp³-hybridized carbons (Fsp3) is 0.389. The molecule has 0 fully saturated rings. The summed E-state index contributed by atoms with van der Waals surface area (Å²) in [5, 5.41) is 2.93. The SMILES string of the molecule is Cc1ccc([C@H](C)NC(=O)CCCOc2ccccc2C)o1. The van der Waals surface area contributed by atoms with Crippen molar-refractivity contribution in [3.05, 3.63) is 53.5 Å². The number of furan rings is 1. The smallest absolute Gasteiger partial charge is 0.220 e. The number of rotatable bonds is 7. The molecule has 4 heteroatoms. The lowest BCUT2D eigenvalue weighted by atomic mass is 10.2. The molecule has 4 nitrogen and oxygen atoms in total. The molecule has 1 heterocycles. The molecule has 0 aliphatic heterocycles. The second-order valence-electron chi connectivity index (χ2n) is 5.46. The molecular weight excluding hydrogens is 278 g/mol. The molecule has 0 aliphatic rings. The molecule has 118 valence electrons. The zero-order valence-electron chi connectivity index (χ0n) is 13.4. The number of amides is 1. The van der Waals surface area contributed by atoms with Gasteiger partial charge in [-0.1, -0.05) is 18.2 Å². The van der Waals surface area contributed by atoms with E-state index in [4.69, 9.17) is 9.15 Å². The highest BCUT2D eigenvalue weighted by molar-refractivity contribution is 5.76. The van der Waals surface area contributed by atoms with Gasteiger partial charge in [-0.2, -0.15) is 0 Å². The van der Waals surface area contributed by atoms with Crippen molar-refractivity contribution in [1.29, 1.82) is 0 Å². The van der Waals surface area contributed by atoms with Crippen molar-refractivity contribution in [3.63, 3.8) is 0 Å². The summed E-state index contributed by atoms with van der Waals surface area (Å²) >= 11 is 0. The van der Waals surface area contributed by atoms with E-state index < -0.39 is 0 Å². The Morgan fingerprint density at radius 2 is 2.00 bits per heavy atom. The Kier molecular flexibility index (Phi) is 5.64. The molecule has 1 N–H and O–H groups in total. The van der Waals surface area contributed by atoms with Crippen LogP contribution in [0.15, 0.2) is 40.8 Å². The number of para-hydroxylation sites is 1. The summed E-state index contributed by atoms with van der Waals surface area (Å²) in [5.74, 6) is 2.52. The van der Waals surface area contributed by atoms with Crippen LogP contribution in [0, 0.1) is 13.8 Å². The Morgan fingerprint density at radius 3 is 2.68 bits per heavy atom. The number of nitrogens with one attached hydrogen (secondary N) is 1. The first-order valence-electron chi connectivity index (χ1n) is 7.60. The number of hydrogen-bond donors (Lipinski definition) is 1. The highest BCUT2D eigenvalue weighted by Gasteiger charge is 2.12.